The Bertz CT molecular complexity index is 297. The molecule has 1 N–H and O–H groups in total. The van der Waals surface area contributed by atoms with E-state index in [9.17, 15) is 4.79 Å². The summed E-state index contributed by atoms with van der Waals surface area (Å²) in [5, 5.41) is 3.30. The van der Waals surface area contributed by atoms with Crippen LogP contribution in [0.3, 0.4) is 0 Å². The summed E-state index contributed by atoms with van der Waals surface area (Å²) in [7, 11) is 0. The Hall–Kier alpha value is -0.610. The van der Waals surface area contributed by atoms with Crippen molar-refractivity contribution in [2.75, 3.05) is 39.3 Å². The molecule has 3 aliphatic rings. The lowest BCUT2D eigenvalue weighted by molar-refractivity contribution is -0.134. The molecule has 1 amide bonds. The molecule has 0 aromatic heterocycles. The molecule has 102 valence electrons. The highest BCUT2D eigenvalue weighted by Gasteiger charge is 2.30. The number of nitrogens with zero attached hydrogens (tertiary/aromatic N) is 2. The number of amides is 1. The van der Waals surface area contributed by atoms with Crippen molar-refractivity contribution in [3.05, 3.63) is 0 Å². The SMILES string of the molecule is O=C(C1CCNC1)N1CCCN(C2CCC2)CC1. The first-order valence-corrected chi connectivity index (χ1v) is 7.58. The highest BCUT2D eigenvalue weighted by molar-refractivity contribution is 5.79. The van der Waals surface area contributed by atoms with Crippen molar-refractivity contribution in [2.24, 2.45) is 5.92 Å². The molecule has 0 radical (unpaired) electrons. The summed E-state index contributed by atoms with van der Waals surface area (Å²) < 4.78 is 0. The van der Waals surface area contributed by atoms with E-state index in [0.29, 0.717) is 5.91 Å². The molecule has 18 heavy (non-hydrogen) atoms. The van der Waals surface area contributed by atoms with Crippen molar-refractivity contribution in [3.8, 4) is 0 Å². The minimum atomic E-state index is 0.250. The Kier molecular flexibility index (Phi) is 3.85. The number of hydrogen-bond donors (Lipinski definition) is 1. The Balaban J connectivity index is 1.52. The van der Waals surface area contributed by atoms with Crippen LogP contribution in [-0.4, -0.2) is 61.0 Å². The maximum Gasteiger partial charge on any atom is 0.227 e. The highest BCUT2D eigenvalue weighted by Crippen LogP contribution is 2.25. The van der Waals surface area contributed by atoms with E-state index >= 15 is 0 Å². The van der Waals surface area contributed by atoms with E-state index in [2.05, 4.69) is 15.1 Å². The monoisotopic (exact) mass is 251 g/mol. The highest BCUT2D eigenvalue weighted by atomic mass is 16.2. The molecule has 1 saturated carbocycles. The van der Waals surface area contributed by atoms with Gasteiger partial charge >= 0.3 is 0 Å². The fourth-order valence-corrected chi connectivity index (χ4v) is 3.40. The largest absolute Gasteiger partial charge is 0.341 e. The van der Waals surface area contributed by atoms with Gasteiger partial charge in [-0.1, -0.05) is 6.42 Å². The van der Waals surface area contributed by atoms with E-state index in [1.54, 1.807) is 0 Å². The van der Waals surface area contributed by atoms with Gasteiger partial charge in [-0.2, -0.15) is 0 Å². The van der Waals surface area contributed by atoms with Gasteiger partial charge in [-0.05, 0) is 32.2 Å². The summed E-state index contributed by atoms with van der Waals surface area (Å²) >= 11 is 0. The van der Waals surface area contributed by atoms with Gasteiger partial charge in [0.1, 0.15) is 0 Å². The average Bonchev–Trinajstić information content (AvgIpc) is 2.74. The van der Waals surface area contributed by atoms with Crippen molar-refractivity contribution < 1.29 is 4.79 Å². The summed E-state index contributed by atoms with van der Waals surface area (Å²) in [5.74, 6) is 0.649. The Labute approximate surface area is 110 Å². The van der Waals surface area contributed by atoms with Gasteiger partial charge in [-0.15, -0.1) is 0 Å². The van der Waals surface area contributed by atoms with Gasteiger partial charge in [0.25, 0.3) is 0 Å². The maximum absolute atomic E-state index is 12.4. The maximum atomic E-state index is 12.4. The zero-order chi connectivity index (χ0) is 12.4. The number of carbonyl (C=O) groups excluding carboxylic acids is 1. The molecule has 1 atom stereocenters. The van der Waals surface area contributed by atoms with Crippen molar-refractivity contribution in [2.45, 2.75) is 38.1 Å². The minimum absolute atomic E-state index is 0.250. The molecule has 0 aromatic carbocycles. The van der Waals surface area contributed by atoms with Crippen LogP contribution in [0.2, 0.25) is 0 Å². The molecule has 3 rings (SSSR count). The van der Waals surface area contributed by atoms with Crippen LogP contribution in [0.15, 0.2) is 0 Å². The fraction of sp³-hybridized carbons (Fsp3) is 0.929. The molecule has 1 unspecified atom stereocenters. The van der Waals surface area contributed by atoms with Crippen LogP contribution in [0.4, 0.5) is 0 Å². The van der Waals surface area contributed by atoms with Crippen molar-refractivity contribution in [3.63, 3.8) is 0 Å². The topological polar surface area (TPSA) is 35.6 Å². The van der Waals surface area contributed by atoms with Gasteiger partial charge in [-0.25, -0.2) is 0 Å². The van der Waals surface area contributed by atoms with Gasteiger partial charge < -0.3 is 10.2 Å². The zero-order valence-corrected chi connectivity index (χ0v) is 11.2. The fourth-order valence-electron chi connectivity index (χ4n) is 3.40. The van der Waals surface area contributed by atoms with Crippen molar-refractivity contribution in [1.82, 2.24) is 15.1 Å². The predicted molar refractivity (Wildman–Crippen MR) is 71.4 cm³/mol. The van der Waals surface area contributed by atoms with Crippen molar-refractivity contribution in [1.29, 1.82) is 0 Å². The standard InChI is InChI=1S/C14H25N3O/c18-14(12-5-6-15-11-12)17-8-2-7-16(9-10-17)13-3-1-4-13/h12-13,15H,1-11H2. The van der Waals surface area contributed by atoms with E-state index in [0.717, 1.165) is 51.6 Å². The second-order valence-electron chi connectivity index (χ2n) is 5.99. The lowest BCUT2D eigenvalue weighted by Gasteiger charge is -2.36. The smallest absolute Gasteiger partial charge is 0.227 e. The molecule has 3 fully saturated rings. The molecule has 4 nitrogen and oxygen atoms in total. The molecule has 0 spiro atoms. The van der Waals surface area contributed by atoms with Gasteiger partial charge in [-0.3, -0.25) is 9.69 Å². The normalized spacial score (nSPS) is 31.1. The first-order valence-electron chi connectivity index (χ1n) is 7.58. The van der Waals surface area contributed by atoms with E-state index in [-0.39, 0.29) is 5.92 Å². The van der Waals surface area contributed by atoms with E-state index in [4.69, 9.17) is 0 Å². The summed E-state index contributed by atoms with van der Waals surface area (Å²) in [6.07, 6.45) is 6.34. The minimum Gasteiger partial charge on any atom is -0.341 e. The molecule has 2 aliphatic heterocycles. The Morgan fingerprint density at radius 2 is 1.89 bits per heavy atom. The second kappa shape index (κ2) is 5.57. The molecular weight excluding hydrogens is 226 g/mol. The first-order chi connectivity index (χ1) is 8.84. The van der Waals surface area contributed by atoms with Crippen LogP contribution in [0.5, 0.6) is 0 Å². The van der Waals surface area contributed by atoms with Crippen LogP contribution in [0, 0.1) is 5.92 Å². The molecule has 4 heteroatoms. The predicted octanol–water partition coefficient (Wildman–Crippen LogP) is 0.683. The molecule has 0 bridgehead atoms. The lowest BCUT2D eigenvalue weighted by Crippen LogP contribution is -2.43. The third-order valence-corrected chi connectivity index (χ3v) is 4.84. The van der Waals surface area contributed by atoms with E-state index in [1.807, 2.05) is 0 Å². The Morgan fingerprint density at radius 1 is 1.00 bits per heavy atom. The van der Waals surface area contributed by atoms with Crippen LogP contribution >= 0.6 is 0 Å². The average molecular weight is 251 g/mol. The molecule has 0 aromatic rings. The number of rotatable bonds is 2. The van der Waals surface area contributed by atoms with Gasteiger partial charge in [0, 0.05) is 38.8 Å². The molecule has 2 saturated heterocycles. The van der Waals surface area contributed by atoms with E-state index < -0.39 is 0 Å². The summed E-state index contributed by atoms with van der Waals surface area (Å²) in [6.45, 7) is 6.11. The Morgan fingerprint density at radius 3 is 2.56 bits per heavy atom. The van der Waals surface area contributed by atoms with Gasteiger partial charge in [0.15, 0.2) is 0 Å². The number of carbonyl (C=O) groups is 1. The number of hydrogen-bond acceptors (Lipinski definition) is 3. The van der Waals surface area contributed by atoms with E-state index in [1.165, 1.54) is 25.8 Å². The van der Waals surface area contributed by atoms with Crippen molar-refractivity contribution >= 4 is 5.91 Å². The van der Waals surface area contributed by atoms with Crippen LogP contribution in [0.1, 0.15) is 32.1 Å². The summed E-state index contributed by atoms with van der Waals surface area (Å²) in [6, 6.07) is 0.827. The van der Waals surface area contributed by atoms with Crippen LogP contribution in [0.25, 0.3) is 0 Å². The molecular formula is C14H25N3O. The van der Waals surface area contributed by atoms with Gasteiger partial charge in [0.05, 0.1) is 5.92 Å². The molecule has 1 aliphatic carbocycles. The molecule has 2 heterocycles. The second-order valence-corrected chi connectivity index (χ2v) is 5.99. The summed E-state index contributed by atoms with van der Waals surface area (Å²) in [5.41, 5.74) is 0. The third kappa shape index (κ3) is 2.54. The van der Waals surface area contributed by atoms with Crippen LogP contribution in [-0.2, 0) is 4.79 Å². The number of nitrogens with one attached hydrogen (secondary N) is 1. The quantitative estimate of drug-likeness (QED) is 0.784. The lowest BCUT2D eigenvalue weighted by atomic mass is 9.91. The zero-order valence-electron chi connectivity index (χ0n) is 11.2. The summed E-state index contributed by atoms with van der Waals surface area (Å²) in [4.78, 5) is 17.1. The van der Waals surface area contributed by atoms with Gasteiger partial charge in [0.2, 0.25) is 5.91 Å². The van der Waals surface area contributed by atoms with Crippen LogP contribution < -0.4 is 5.32 Å². The third-order valence-electron chi connectivity index (χ3n) is 4.84. The first kappa shape index (κ1) is 12.4.